The molecule has 1 aromatic carbocycles. The molecule has 0 saturated heterocycles. The first kappa shape index (κ1) is 8.67. The summed E-state index contributed by atoms with van der Waals surface area (Å²) in [7, 11) is 0. The number of allylic oxidation sites excluding steroid dienone is 1. The minimum atomic E-state index is 0.958. The van der Waals surface area contributed by atoms with E-state index in [4.69, 9.17) is 0 Å². The molecule has 1 aliphatic rings. The Morgan fingerprint density at radius 3 is 2.71 bits per heavy atom. The van der Waals surface area contributed by atoms with Crippen LogP contribution in [0.25, 0.3) is 0 Å². The first-order valence-electron chi connectivity index (χ1n) is 4.45. The molecule has 0 aromatic heterocycles. The summed E-state index contributed by atoms with van der Waals surface area (Å²) < 4.78 is 0. The Labute approximate surface area is 83.0 Å². The van der Waals surface area contributed by atoms with Gasteiger partial charge < -0.3 is 0 Å². The van der Waals surface area contributed by atoms with Crippen LogP contribution in [-0.2, 0) is 0 Å². The minimum absolute atomic E-state index is 0.958. The van der Waals surface area contributed by atoms with E-state index >= 15 is 0 Å². The molecule has 1 aromatic rings. The Kier molecular flexibility index (Phi) is 2.39. The first-order valence-corrected chi connectivity index (χ1v) is 4.45. The van der Waals surface area contributed by atoms with Gasteiger partial charge in [-0.2, -0.15) is 0 Å². The predicted octanol–water partition coefficient (Wildman–Crippen LogP) is 2.58. The second-order valence-corrected chi connectivity index (χ2v) is 3.04. The quantitative estimate of drug-likeness (QED) is 0.637. The van der Waals surface area contributed by atoms with Gasteiger partial charge in [0.15, 0.2) is 0 Å². The molecule has 1 heterocycles. The minimum Gasteiger partial charge on any atom is -0.246 e. The Morgan fingerprint density at radius 1 is 1.14 bits per heavy atom. The maximum atomic E-state index is 4.29. The fourth-order valence-electron chi connectivity index (χ4n) is 1.32. The lowest BCUT2D eigenvalue weighted by Crippen LogP contribution is -2.01. The highest BCUT2D eigenvalue weighted by Gasteiger charge is 2.04. The lowest BCUT2D eigenvalue weighted by atomic mass is 10.0. The predicted molar refractivity (Wildman–Crippen MR) is 58.7 cm³/mol. The second-order valence-electron chi connectivity index (χ2n) is 3.04. The summed E-state index contributed by atoms with van der Waals surface area (Å²) in [5, 5.41) is 0. The van der Waals surface area contributed by atoms with E-state index in [0.717, 1.165) is 16.8 Å². The van der Waals surface area contributed by atoms with Crippen molar-refractivity contribution in [3.8, 4) is 0 Å². The third kappa shape index (κ3) is 1.70. The van der Waals surface area contributed by atoms with E-state index in [1.807, 2.05) is 37.3 Å². The van der Waals surface area contributed by atoms with Crippen LogP contribution in [0.3, 0.4) is 0 Å². The van der Waals surface area contributed by atoms with E-state index in [0.29, 0.717) is 0 Å². The molecule has 14 heavy (non-hydrogen) atoms. The fraction of sp³-hybridized carbons (Fsp3) is 0.0833. The molecular formula is C12H10N2. The Balaban J connectivity index is 2.46. The Hall–Kier alpha value is -1.92. The standard InChI is InChI=1S/C12H10N2/c1-10-9-13-7-8-14-12(10)11-5-3-2-4-6-11/h2-6,8-9H,1H3. The molecule has 0 saturated carbocycles. The van der Waals surface area contributed by atoms with Gasteiger partial charge in [0.25, 0.3) is 0 Å². The zero-order chi connectivity index (χ0) is 9.80. The van der Waals surface area contributed by atoms with E-state index in [1.165, 1.54) is 0 Å². The highest BCUT2D eigenvalue weighted by molar-refractivity contribution is 6.13. The van der Waals surface area contributed by atoms with Crippen molar-refractivity contribution in [3.05, 3.63) is 53.9 Å². The molecule has 2 heteroatoms. The summed E-state index contributed by atoms with van der Waals surface area (Å²) in [6.45, 7) is 2.00. The molecule has 0 aliphatic carbocycles. The van der Waals surface area contributed by atoms with Crippen molar-refractivity contribution in [2.45, 2.75) is 6.92 Å². The van der Waals surface area contributed by atoms with E-state index in [1.54, 1.807) is 12.4 Å². The van der Waals surface area contributed by atoms with Gasteiger partial charge in [-0.3, -0.25) is 0 Å². The molecule has 0 N–H and O–H groups in total. The van der Waals surface area contributed by atoms with Gasteiger partial charge in [0.1, 0.15) is 0 Å². The largest absolute Gasteiger partial charge is 0.246 e. The fourth-order valence-corrected chi connectivity index (χ4v) is 1.32. The van der Waals surface area contributed by atoms with Gasteiger partial charge in [-0.15, -0.1) is 0 Å². The van der Waals surface area contributed by atoms with Crippen molar-refractivity contribution in [1.29, 1.82) is 0 Å². The lowest BCUT2D eigenvalue weighted by Gasteiger charge is -2.03. The van der Waals surface area contributed by atoms with Crippen LogP contribution in [-0.4, -0.2) is 11.6 Å². The van der Waals surface area contributed by atoms with E-state index < -0.39 is 0 Å². The zero-order valence-corrected chi connectivity index (χ0v) is 7.94. The van der Waals surface area contributed by atoms with Crippen molar-refractivity contribution < 1.29 is 0 Å². The summed E-state index contributed by atoms with van der Waals surface area (Å²) in [6.07, 6.45) is 3.37. The topological polar surface area (TPSA) is 24.7 Å². The smallest absolute Gasteiger partial charge is 0.0889 e. The van der Waals surface area contributed by atoms with Crippen LogP contribution in [0.15, 0.2) is 58.3 Å². The van der Waals surface area contributed by atoms with Crippen molar-refractivity contribution in [2.24, 2.45) is 9.98 Å². The summed E-state index contributed by atoms with van der Waals surface area (Å²) in [5.74, 6) is 2.71. The summed E-state index contributed by atoms with van der Waals surface area (Å²) >= 11 is 0. The summed E-state index contributed by atoms with van der Waals surface area (Å²) in [4.78, 5) is 8.24. The number of aliphatic imine (C=N–C) groups is 2. The average Bonchev–Trinajstić information content (AvgIpc) is 2.44. The van der Waals surface area contributed by atoms with Crippen LogP contribution in [0.2, 0.25) is 0 Å². The van der Waals surface area contributed by atoms with Gasteiger partial charge in [0.05, 0.1) is 11.9 Å². The van der Waals surface area contributed by atoms with Crippen molar-refractivity contribution >= 4 is 11.6 Å². The molecule has 0 amide bonds. The van der Waals surface area contributed by atoms with Gasteiger partial charge >= 0.3 is 0 Å². The molecular weight excluding hydrogens is 172 g/mol. The second kappa shape index (κ2) is 3.86. The molecule has 0 bridgehead atoms. The van der Waals surface area contributed by atoms with Crippen molar-refractivity contribution in [2.75, 3.05) is 0 Å². The van der Waals surface area contributed by atoms with Crippen LogP contribution < -0.4 is 0 Å². The Bertz CT molecular complexity index is 446. The number of nitrogens with zero attached hydrogens (tertiary/aromatic N) is 2. The maximum absolute atomic E-state index is 4.29. The molecule has 1 aliphatic heterocycles. The van der Waals surface area contributed by atoms with E-state index in [9.17, 15) is 0 Å². The first-order chi connectivity index (χ1) is 6.88. The normalized spacial score (nSPS) is 14.6. The molecule has 2 rings (SSSR count). The monoisotopic (exact) mass is 182 g/mol. The Morgan fingerprint density at radius 2 is 1.93 bits per heavy atom. The molecule has 68 valence electrons. The molecule has 0 unspecified atom stereocenters. The molecule has 0 atom stereocenters. The summed E-state index contributed by atoms with van der Waals surface area (Å²) in [6, 6.07) is 10.1. The van der Waals surface area contributed by atoms with Gasteiger partial charge in [0, 0.05) is 17.6 Å². The van der Waals surface area contributed by atoms with E-state index in [2.05, 4.69) is 15.9 Å². The van der Waals surface area contributed by atoms with Gasteiger partial charge in [-0.25, -0.2) is 9.98 Å². The third-order valence-electron chi connectivity index (χ3n) is 2.00. The number of rotatable bonds is 1. The van der Waals surface area contributed by atoms with Crippen LogP contribution in [0.1, 0.15) is 12.5 Å². The maximum Gasteiger partial charge on any atom is 0.0889 e. The summed E-state index contributed by atoms with van der Waals surface area (Å²) in [5.41, 5.74) is 3.12. The molecule has 2 nitrogen and oxygen atoms in total. The molecule has 0 spiro atoms. The number of benzene rings is 1. The van der Waals surface area contributed by atoms with Crippen LogP contribution in [0, 0.1) is 0 Å². The number of hydrogen-bond acceptors (Lipinski definition) is 2. The molecule has 0 radical (unpaired) electrons. The van der Waals surface area contributed by atoms with Gasteiger partial charge in [0.2, 0.25) is 0 Å². The SMILES string of the molecule is CC1=CN=C=CN=C1c1ccccc1. The van der Waals surface area contributed by atoms with Crippen molar-refractivity contribution in [1.82, 2.24) is 0 Å². The highest BCUT2D eigenvalue weighted by Crippen LogP contribution is 2.10. The zero-order valence-electron chi connectivity index (χ0n) is 7.94. The molecule has 0 fully saturated rings. The van der Waals surface area contributed by atoms with Crippen LogP contribution in [0.5, 0.6) is 0 Å². The van der Waals surface area contributed by atoms with Gasteiger partial charge in [-0.1, -0.05) is 30.3 Å². The third-order valence-corrected chi connectivity index (χ3v) is 2.00. The van der Waals surface area contributed by atoms with Crippen LogP contribution >= 0.6 is 0 Å². The lowest BCUT2D eigenvalue weighted by molar-refractivity contribution is 1.45. The van der Waals surface area contributed by atoms with Gasteiger partial charge in [-0.05, 0) is 12.5 Å². The highest BCUT2D eigenvalue weighted by atomic mass is 14.8. The average molecular weight is 182 g/mol. The van der Waals surface area contributed by atoms with Crippen molar-refractivity contribution in [3.63, 3.8) is 0 Å². The van der Waals surface area contributed by atoms with Crippen LogP contribution in [0.4, 0.5) is 0 Å². The van der Waals surface area contributed by atoms with E-state index in [-0.39, 0.29) is 0 Å². The number of hydrogen-bond donors (Lipinski definition) is 0.